The van der Waals surface area contributed by atoms with Crippen molar-refractivity contribution in [1.82, 2.24) is 5.32 Å². The molecule has 3 rings (SSSR count). The van der Waals surface area contributed by atoms with Crippen molar-refractivity contribution in [2.45, 2.75) is 6.04 Å². The van der Waals surface area contributed by atoms with Crippen molar-refractivity contribution in [2.75, 3.05) is 6.61 Å². The fourth-order valence-corrected chi connectivity index (χ4v) is 3.26. The lowest BCUT2D eigenvalue weighted by atomic mass is 10.1. The van der Waals surface area contributed by atoms with Crippen molar-refractivity contribution in [2.24, 2.45) is 0 Å². The molecule has 0 aliphatic rings. The molecule has 1 N–H and O–H groups in total. The highest BCUT2D eigenvalue weighted by Crippen LogP contribution is 2.25. The fraction of sp³-hybridized carbons (Fsp3) is 0.100. The summed E-state index contributed by atoms with van der Waals surface area (Å²) in [6.45, 7) is -0.484. The number of amides is 1. The van der Waals surface area contributed by atoms with Crippen LogP contribution in [0.25, 0.3) is 0 Å². The summed E-state index contributed by atoms with van der Waals surface area (Å²) in [5.41, 5.74) is 0.724. The number of benzene rings is 2. The minimum Gasteiger partial charge on any atom is -0.452 e. The summed E-state index contributed by atoms with van der Waals surface area (Å²) in [4.78, 5) is 25.1. The first-order valence-electron chi connectivity index (χ1n) is 7.94. The van der Waals surface area contributed by atoms with Gasteiger partial charge >= 0.3 is 5.97 Å². The molecule has 132 valence electrons. The molecule has 0 aliphatic carbocycles. The molecule has 0 bridgehead atoms. The quantitative estimate of drug-likeness (QED) is 0.670. The topological polar surface area (TPSA) is 55.4 Å². The zero-order chi connectivity index (χ0) is 18.4. The van der Waals surface area contributed by atoms with Crippen molar-refractivity contribution in [3.8, 4) is 0 Å². The molecule has 0 fully saturated rings. The van der Waals surface area contributed by atoms with Gasteiger partial charge in [0.1, 0.15) is 5.82 Å². The van der Waals surface area contributed by atoms with Gasteiger partial charge in [0.05, 0.1) is 11.6 Å². The smallest absolute Gasteiger partial charge is 0.341 e. The molecule has 0 spiro atoms. The van der Waals surface area contributed by atoms with E-state index < -0.39 is 24.3 Å². The Kier molecular flexibility index (Phi) is 5.76. The first-order valence-corrected chi connectivity index (χ1v) is 8.82. The maximum absolute atomic E-state index is 13.6. The van der Waals surface area contributed by atoms with Crippen LogP contribution in [0.4, 0.5) is 4.39 Å². The average Bonchev–Trinajstić information content (AvgIpc) is 3.19. The van der Waals surface area contributed by atoms with Gasteiger partial charge in [-0.05, 0) is 29.1 Å². The Balaban J connectivity index is 1.65. The number of hydrogen-bond donors (Lipinski definition) is 1. The summed E-state index contributed by atoms with van der Waals surface area (Å²) >= 11 is 1.52. The Morgan fingerprint density at radius 3 is 2.42 bits per heavy atom. The van der Waals surface area contributed by atoms with Gasteiger partial charge in [-0.15, -0.1) is 11.3 Å². The van der Waals surface area contributed by atoms with Crippen LogP contribution in [0, 0.1) is 5.82 Å². The van der Waals surface area contributed by atoms with Crippen LogP contribution in [0.1, 0.15) is 26.8 Å². The lowest BCUT2D eigenvalue weighted by Crippen LogP contribution is -2.32. The average molecular weight is 369 g/mol. The zero-order valence-electron chi connectivity index (χ0n) is 13.7. The minimum atomic E-state index is -0.870. The molecule has 0 aliphatic heterocycles. The predicted molar refractivity (Wildman–Crippen MR) is 97.4 cm³/mol. The molecule has 1 heterocycles. The first kappa shape index (κ1) is 17.8. The Bertz CT molecular complexity index is 881. The lowest BCUT2D eigenvalue weighted by molar-refractivity contribution is -0.124. The van der Waals surface area contributed by atoms with Crippen LogP contribution in [0.2, 0.25) is 0 Å². The van der Waals surface area contributed by atoms with Gasteiger partial charge in [0, 0.05) is 4.88 Å². The third kappa shape index (κ3) is 4.34. The van der Waals surface area contributed by atoms with Crippen molar-refractivity contribution in [3.05, 3.63) is 93.9 Å². The molecule has 0 saturated carbocycles. The Morgan fingerprint density at radius 1 is 1.00 bits per heavy atom. The molecule has 3 aromatic rings. The molecule has 6 heteroatoms. The van der Waals surface area contributed by atoms with Crippen LogP contribution in [0.15, 0.2) is 72.1 Å². The number of carbonyl (C=O) groups excluding carboxylic acids is 2. The normalized spacial score (nSPS) is 11.6. The first-order chi connectivity index (χ1) is 12.6. The van der Waals surface area contributed by atoms with E-state index in [9.17, 15) is 14.0 Å². The van der Waals surface area contributed by atoms with Crippen molar-refractivity contribution in [3.63, 3.8) is 0 Å². The molecular weight excluding hydrogens is 353 g/mol. The predicted octanol–water partition coefficient (Wildman–Crippen LogP) is 3.95. The molecule has 0 saturated heterocycles. The van der Waals surface area contributed by atoms with Crippen LogP contribution in [-0.2, 0) is 9.53 Å². The molecule has 4 nitrogen and oxygen atoms in total. The van der Waals surface area contributed by atoms with E-state index in [4.69, 9.17) is 4.74 Å². The summed E-state index contributed by atoms with van der Waals surface area (Å²) < 4.78 is 18.5. The van der Waals surface area contributed by atoms with E-state index in [2.05, 4.69) is 5.32 Å². The van der Waals surface area contributed by atoms with Gasteiger partial charge in [0.15, 0.2) is 6.61 Å². The molecule has 0 unspecified atom stereocenters. The van der Waals surface area contributed by atoms with Gasteiger partial charge < -0.3 is 10.1 Å². The molecule has 1 amide bonds. The summed E-state index contributed by atoms with van der Waals surface area (Å²) in [7, 11) is 0. The maximum Gasteiger partial charge on any atom is 0.341 e. The van der Waals surface area contributed by atoms with Gasteiger partial charge in [0.25, 0.3) is 5.91 Å². The Hall–Kier alpha value is -2.99. The lowest BCUT2D eigenvalue weighted by Gasteiger charge is -2.18. The standard InChI is InChI=1S/C20H16FNO3S/c21-16-10-5-4-9-15(16)20(24)25-13-18(23)22-19(17-11-6-12-26-17)14-7-2-1-3-8-14/h1-12,19H,13H2,(H,22,23)/t19-/m0/s1. The van der Waals surface area contributed by atoms with E-state index >= 15 is 0 Å². The van der Waals surface area contributed by atoms with Crippen LogP contribution >= 0.6 is 11.3 Å². The Labute approximate surface area is 154 Å². The summed E-state index contributed by atoms with van der Waals surface area (Å²) in [6.07, 6.45) is 0. The van der Waals surface area contributed by atoms with Crippen molar-refractivity contribution < 1.29 is 18.7 Å². The number of rotatable bonds is 6. The van der Waals surface area contributed by atoms with Gasteiger partial charge in [-0.3, -0.25) is 4.79 Å². The summed E-state index contributed by atoms with van der Waals surface area (Å²) in [5.74, 6) is -2.01. The Morgan fingerprint density at radius 2 is 1.73 bits per heavy atom. The van der Waals surface area contributed by atoms with E-state index in [1.807, 2.05) is 47.8 Å². The van der Waals surface area contributed by atoms with Crippen LogP contribution in [0.5, 0.6) is 0 Å². The monoisotopic (exact) mass is 369 g/mol. The highest BCUT2D eigenvalue weighted by Gasteiger charge is 2.19. The fourth-order valence-electron chi connectivity index (χ4n) is 2.46. The number of ether oxygens (including phenoxy) is 1. The number of thiophene rings is 1. The molecule has 0 radical (unpaired) electrons. The molecule has 26 heavy (non-hydrogen) atoms. The van der Waals surface area contributed by atoms with Crippen LogP contribution < -0.4 is 5.32 Å². The van der Waals surface area contributed by atoms with Gasteiger partial charge in [-0.25, -0.2) is 9.18 Å². The highest BCUT2D eigenvalue weighted by atomic mass is 32.1. The third-order valence-corrected chi connectivity index (χ3v) is 4.63. The highest BCUT2D eigenvalue weighted by molar-refractivity contribution is 7.10. The molecular formula is C20H16FNO3S. The van der Waals surface area contributed by atoms with E-state index in [1.165, 1.54) is 35.6 Å². The van der Waals surface area contributed by atoms with Gasteiger partial charge in [-0.2, -0.15) is 0 Å². The number of nitrogens with one attached hydrogen (secondary N) is 1. The molecule has 1 atom stereocenters. The van der Waals surface area contributed by atoms with E-state index in [0.29, 0.717) is 0 Å². The maximum atomic E-state index is 13.6. The number of hydrogen-bond acceptors (Lipinski definition) is 4. The molecule has 2 aromatic carbocycles. The number of carbonyl (C=O) groups is 2. The second-order valence-corrected chi connectivity index (χ2v) is 6.46. The van der Waals surface area contributed by atoms with Gasteiger partial charge in [-0.1, -0.05) is 48.5 Å². The van der Waals surface area contributed by atoms with Gasteiger partial charge in [0.2, 0.25) is 0 Å². The second kappa shape index (κ2) is 8.40. The number of esters is 1. The van der Waals surface area contributed by atoms with E-state index in [-0.39, 0.29) is 11.6 Å². The second-order valence-electron chi connectivity index (χ2n) is 5.48. The third-order valence-electron chi connectivity index (χ3n) is 3.69. The van der Waals surface area contributed by atoms with E-state index in [0.717, 1.165) is 10.4 Å². The van der Waals surface area contributed by atoms with E-state index in [1.54, 1.807) is 0 Å². The van der Waals surface area contributed by atoms with Crippen molar-refractivity contribution >= 4 is 23.2 Å². The van der Waals surface area contributed by atoms with Crippen molar-refractivity contribution in [1.29, 1.82) is 0 Å². The minimum absolute atomic E-state index is 0.196. The SMILES string of the molecule is O=C(COC(=O)c1ccccc1F)N[C@@H](c1ccccc1)c1cccs1. The summed E-state index contributed by atoms with van der Waals surface area (Å²) in [6, 6.07) is 18.5. The van der Waals surface area contributed by atoms with Crippen LogP contribution in [0.3, 0.4) is 0 Å². The summed E-state index contributed by atoms with van der Waals surface area (Å²) in [5, 5.41) is 4.78. The van der Waals surface area contributed by atoms with Crippen LogP contribution in [-0.4, -0.2) is 18.5 Å². The zero-order valence-corrected chi connectivity index (χ0v) is 14.5. The number of halogens is 1. The molecule has 1 aromatic heterocycles. The largest absolute Gasteiger partial charge is 0.452 e.